The summed E-state index contributed by atoms with van der Waals surface area (Å²) in [6.45, 7) is 6.80. The Kier molecular flexibility index (Phi) is 6.34. The van der Waals surface area contributed by atoms with Gasteiger partial charge in [0.25, 0.3) is 0 Å². The largest absolute Gasteiger partial charge is 0.398 e. The van der Waals surface area contributed by atoms with Gasteiger partial charge in [-0.15, -0.1) is 5.54 Å². The number of benzene rings is 3. The Balaban J connectivity index is 2.32. The van der Waals surface area contributed by atoms with Crippen LogP contribution in [0.3, 0.4) is 0 Å². The Morgan fingerprint density at radius 1 is 0.704 bits per heavy atom. The number of nitrogens with two attached hydrogens (primary N) is 1. The van der Waals surface area contributed by atoms with E-state index in [0.717, 1.165) is 33.5 Å². The molecule has 0 saturated carbocycles. The lowest BCUT2D eigenvalue weighted by molar-refractivity contribution is 1.53. The first-order chi connectivity index (χ1) is 12.7. The van der Waals surface area contributed by atoms with Crippen LogP contribution in [0.15, 0.2) is 60.7 Å². The van der Waals surface area contributed by atoms with E-state index in [-0.39, 0.29) is 0 Å². The predicted octanol–water partition coefficient (Wildman–Crippen LogP) is 7.04. The number of anilines is 1. The Hall–Kier alpha value is -1.30. The second kappa shape index (κ2) is 8.37. The standard InChI is InChI=1S/C23H21I2NSi/c1-27(2,3)15-14-18-8-13-21(26)23(17-6-11-20(25)12-7-17)22(18)16-4-9-19(24)10-5-16/h4-13H,26H2,1-3H3. The van der Waals surface area contributed by atoms with Crippen LogP contribution in [-0.2, 0) is 0 Å². The van der Waals surface area contributed by atoms with Crippen molar-refractivity contribution in [3.8, 4) is 33.7 Å². The summed E-state index contributed by atoms with van der Waals surface area (Å²) < 4.78 is 2.42. The molecule has 27 heavy (non-hydrogen) atoms. The highest BCUT2D eigenvalue weighted by Crippen LogP contribution is 2.39. The third kappa shape index (κ3) is 5.15. The first-order valence-electron chi connectivity index (χ1n) is 8.72. The van der Waals surface area contributed by atoms with Crippen molar-refractivity contribution in [2.45, 2.75) is 19.6 Å². The summed E-state index contributed by atoms with van der Waals surface area (Å²) in [4.78, 5) is 0. The zero-order valence-electron chi connectivity index (χ0n) is 15.6. The quantitative estimate of drug-likeness (QED) is 0.147. The lowest BCUT2D eigenvalue weighted by atomic mass is 9.89. The summed E-state index contributed by atoms with van der Waals surface area (Å²) in [6, 6.07) is 21.1. The topological polar surface area (TPSA) is 26.0 Å². The molecule has 136 valence electrons. The van der Waals surface area contributed by atoms with Gasteiger partial charge in [0, 0.05) is 29.5 Å². The minimum Gasteiger partial charge on any atom is -0.398 e. The molecular weight excluding hydrogens is 572 g/mol. The molecule has 0 aliphatic carbocycles. The van der Waals surface area contributed by atoms with Gasteiger partial charge < -0.3 is 5.73 Å². The smallest absolute Gasteiger partial charge is 0.129 e. The van der Waals surface area contributed by atoms with Gasteiger partial charge in [0.2, 0.25) is 0 Å². The lowest BCUT2D eigenvalue weighted by Crippen LogP contribution is -2.16. The van der Waals surface area contributed by atoms with E-state index in [4.69, 9.17) is 5.73 Å². The second-order valence-corrected chi connectivity index (χ2v) is 14.7. The molecule has 1 nitrogen and oxygen atoms in total. The molecule has 0 radical (unpaired) electrons. The maximum absolute atomic E-state index is 6.47. The van der Waals surface area contributed by atoms with Gasteiger partial charge in [0.05, 0.1) is 0 Å². The van der Waals surface area contributed by atoms with Crippen molar-refractivity contribution in [2.75, 3.05) is 5.73 Å². The summed E-state index contributed by atoms with van der Waals surface area (Å²) >= 11 is 4.66. The first kappa shape index (κ1) is 20.4. The molecule has 0 fully saturated rings. The van der Waals surface area contributed by atoms with Crippen LogP contribution in [0.25, 0.3) is 22.3 Å². The maximum atomic E-state index is 6.47. The summed E-state index contributed by atoms with van der Waals surface area (Å²) in [6.07, 6.45) is 0. The highest BCUT2D eigenvalue weighted by Gasteiger charge is 2.16. The fourth-order valence-electron chi connectivity index (χ4n) is 2.82. The van der Waals surface area contributed by atoms with E-state index in [1.54, 1.807) is 0 Å². The van der Waals surface area contributed by atoms with Gasteiger partial charge in [0.15, 0.2) is 0 Å². The molecule has 0 bridgehead atoms. The molecule has 3 rings (SSSR count). The van der Waals surface area contributed by atoms with Gasteiger partial charge in [0.1, 0.15) is 8.07 Å². The zero-order valence-corrected chi connectivity index (χ0v) is 20.9. The van der Waals surface area contributed by atoms with E-state index in [2.05, 4.69) is 131 Å². The SMILES string of the molecule is C[Si](C)(C)C#Cc1ccc(N)c(-c2ccc(I)cc2)c1-c1ccc(I)cc1. The van der Waals surface area contributed by atoms with Gasteiger partial charge in [-0.05, 0) is 92.7 Å². The molecule has 2 N–H and O–H groups in total. The summed E-state index contributed by atoms with van der Waals surface area (Å²) in [5.74, 6) is 3.47. The highest BCUT2D eigenvalue weighted by atomic mass is 127. The van der Waals surface area contributed by atoms with E-state index in [0.29, 0.717) is 0 Å². The fraction of sp³-hybridized carbons (Fsp3) is 0.130. The molecule has 0 aliphatic heterocycles. The summed E-state index contributed by atoms with van der Waals surface area (Å²) in [7, 11) is -1.49. The molecule has 0 amide bonds. The number of nitrogen functional groups attached to an aromatic ring is 1. The second-order valence-electron chi connectivity index (χ2n) is 7.47. The van der Waals surface area contributed by atoms with Gasteiger partial charge in [-0.3, -0.25) is 0 Å². The van der Waals surface area contributed by atoms with Crippen molar-refractivity contribution in [3.05, 3.63) is 73.4 Å². The van der Waals surface area contributed by atoms with Crippen LogP contribution >= 0.6 is 45.2 Å². The normalized spacial score (nSPS) is 11.0. The Morgan fingerprint density at radius 3 is 1.67 bits per heavy atom. The Labute approximate surface area is 190 Å². The summed E-state index contributed by atoms with van der Waals surface area (Å²) in [5, 5.41) is 0. The number of hydrogen-bond donors (Lipinski definition) is 1. The highest BCUT2D eigenvalue weighted by molar-refractivity contribution is 14.1. The van der Waals surface area contributed by atoms with Gasteiger partial charge in [-0.2, -0.15) is 0 Å². The molecule has 0 aliphatic rings. The number of rotatable bonds is 2. The first-order valence-corrected chi connectivity index (χ1v) is 14.4. The monoisotopic (exact) mass is 593 g/mol. The van der Waals surface area contributed by atoms with Crippen LogP contribution in [0, 0.1) is 18.6 Å². The molecule has 0 unspecified atom stereocenters. The molecule has 0 aromatic heterocycles. The zero-order chi connectivity index (χ0) is 19.6. The van der Waals surface area contributed by atoms with Gasteiger partial charge in [-0.1, -0.05) is 49.8 Å². The van der Waals surface area contributed by atoms with Crippen LogP contribution in [0.1, 0.15) is 5.56 Å². The van der Waals surface area contributed by atoms with Crippen LogP contribution in [0.4, 0.5) is 5.69 Å². The lowest BCUT2D eigenvalue weighted by Gasteiger charge is -2.16. The maximum Gasteiger partial charge on any atom is 0.129 e. The molecule has 3 aromatic carbocycles. The average Bonchev–Trinajstić information content (AvgIpc) is 2.61. The molecule has 0 heterocycles. The molecule has 4 heteroatoms. The van der Waals surface area contributed by atoms with E-state index in [9.17, 15) is 0 Å². The minimum absolute atomic E-state index is 0.781. The van der Waals surface area contributed by atoms with Crippen LogP contribution in [-0.4, -0.2) is 8.07 Å². The van der Waals surface area contributed by atoms with Crippen molar-refractivity contribution in [2.24, 2.45) is 0 Å². The Bertz CT molecular complexity index is 1020. The molecular formula is C23H21I2NSi. The van der Waals surface area contributed by atoms with E-state index < -0.39 is 8.07 Å². The predicted molar refractivity (Wildman–Crippen MR) is 137 cm³/mol. The Morgan fingerprint density at radius 2 is 1.19 bits per heavy atom. The molecule has 0 saturated heterocycles. The van der Waals surface area contributed by atoms with Crippen molar-refractivity contribution < 1.29 is 0 Å². The van der Waals surface area contributed by atoms with Crippen molar-refractivity contribution in [1.29, 1.82) is 0 Å². The third-order valence-electron chi connectivity index (χ3n) is 4.08. The molecule has 3 aromatic rings. The molecule has 0 spiro atoms. The van der Waals surface area contributed by atoms with Crippen LogP contribution in [0.5, 0.6) is 0 Å². The van der Waals surface area contributed by atoms with E-state index in [1.807, 2.05) is 6.07 Å². The van der Waals surface area contributed by atoms with Crippen molar-refractivity contribution in [1.82, 2.24) is 0 Å². The van der Waals surface area contributed by atoms with Crippen molar-refractivity contribution >= 4 is 58.9 Å². The van der Waals surface area contributed by atoms with Crippen LogP contribution < -0.4 is 5.73 Å². The summed E-state index contributed by atoms with van der Waals surface area (Å²) in [5.41, 5.74) is 16.3. The van der Waals surface area contributed by atoms with Gasteiger partial charge in [-0.25, -0.2) is 0 Å². The third-order valence-corrected chi connectivity index (χ3v) is 6.39. The minimum atomic E-state index is -1.49. The van der Waals surface area contributed by atoms with E-state index in [1.165, 1.54) is 7.14 Å². The number of halogens is 2. The van der Waals surface area contributed by atoms with Crippen molar-refractivity contribution in [3.63, 3.8) is 0 Å². The number of hydrogen-bond acceptors (Lipinski definition) is 1. The fourth-order valence-corrected chi connectivity index (χ4v) is 4.05. The van der Waals surface area contributed by atoms with E-state index >= 15 is 0 Å². The average molecular weight is 593 g/mol. The molecule has 0 atom stereocenters. The van der Waals surface area contributed by atoms with Crippen LogP contribution in [0.2, 0.25) is 19.6 Å². The van der Waals surface area contributed by atoms with Gasteiger partial charge >= 0.3 is 0 Å².